The number of methoxy groups -OCH3 is 1. The van der Waals surface area contributed by atoms with Crippen molar-refractivity contribution in [3.63, 3.8) is 0 Å². The molecule has 1 aliphatic rings. The summed E-state index contributed by atoms with van der Waals surface area (Å²) < 4.78 is 10.6. The van der Waals surface area contributed by atoms with Gasteiger partial charge in [0.15, 0.2) is 6.10 Å². The van der Waals surface area contributed by atoms with Crippen molar-refractivity contribution in [3.05, 3.63) is 34.9 Å². The van der Waals surface area contributed by atoms with Gasteiger partial charge in [0.1, 0.15) is 6.10 Å². The number of amides is 1. The van der Waals surface area contributed by atoms with E-state index >= 15 is 0 Å². The Morgan fingerprint density at radius 1 is 1.45 bits per heavy atom. The number of hydrogen-bond donors (Lipinski definition) is 2. The van der Waals surface area contributed by atoms with Gasteiger partial charge in [-0.25, -0.2) is 4.79 Å². The predicted octanol–water partition coefficient (Wildman–Crippen LogP) is 1.78. The maximum absolute atomic E-state index is 12.0. The SMILES string of the molecule is COC(CNC(=O)[C@@H]1CC[C@H](C(=O)O)O1)c1cccc(Cl)c1. The predicted molar refractivity (Wildman–Crippen MR) is 79.7 cm³/mol. The summed E-state index contributed by atoms with van der Waals surface area (Å²) >= 11 is 5.94. The topological polar surface area (TPSA) is 84.9 Å². The Morgan fingerprint density at radius 2 is 2.18 bits per heavy atom. The third-order valence-electron chi connectivity index (χ3n) is 3.55. The Bertz CT molecular complexity index is 550. The quantitative estimate of drug-likeness (QED) is 0.832. The van der Waals surface area contributed by atoms with E-state index in [4.69, 9.17) is 26.2 Å². The minimum atomic E-state index is -1.04. The summed E-state index contributed by atoms with van der Waals surface area (Å²) in [4.78, 5) is 22.8. The molecule has 1 heterocycles. The van der Waals surface area contributed by atoms with Crippen LogP contribution in [0.3, 0.4) is 0 Å². The van der Waals surface area contributed by atoms with Gasteiger partial charge in [0.05, 0.1) is 6.10 Å². The molecule has 3 atom stereocenters. The summed E-state index contributed by atoms with van der Waals surface area (Å²) in [6.07, 6.45) is -1.22. The maximum Gasteiger partial charge on any atom is 0.332 e. The van der Waals surface area contributed by atoms with Crippen molar-refractivity contribution in [3.8, 4) is 0 Å². The molecule has 1 saturated heterocycles. The van der Waals surface area contributed by atoms with Crippen molar-refractivity contribution in [1.82, 2.24) is 5.32 Å². The summed E-state index contributed by atoms with van der Waals surface area (Å²) in [5.74, 6) is -1.36. The van der Waals surface area contributed by atoms with E-state index in [2.05, 4.69) is 5.32 Å². The molecule has 1 aromatic rings. The molecule has 6 nitrogen and oxygen atoms in total. The zero-order chi connectivity index (χ0) is 16.1. The average molecular weight is 328 g/mol. The van der Waals surface area contributed by atoms with Crippen molar-refractivity contribution in [1.29, 1.82) is 0 Å². The third kappa shape index (κ3) is 4.19. The van der Waals surface area contributed by atoms with Crippen LogP contribution < -0.4 is 5.32 Å². The van der Waals surface area contributed by atoms with Crippen LogP contribution in [0.15, 0.2) is 24.3 Å². The van der Waals surface area contributed by atoms with Crippen molar-refractivity contribution in [2.45, 2.75) is 31.2 Å². The summed E-state index contributed by atoms with van der Waals surface area (Å²) in [6, 6.07) is 7.20. The molecule has 1 aromatic carbocycles. The molecule has 0 radical (unpaired) electrons. The fraction of sp³-hybridized carbons (Fsp3) is 0.467. The standard InChI is InChI=1S/C15H18ClNO5/c1-21-13(9-3-2-4-10(16)7-9)8-17-14(18)11-5-6-12(22-11)15(19)20/h2-4,7,11-13H,5-6,8H2,1H3,(H,17,18)(H,19,20)/t11-,12+,13?/m0/s1. The summed E-state index contributed by atoms with van der Waals surface area (Å²) in [5.41, 5.74) is 0.853. The van der Waals surface area contributed by atoms with E-state index in [0.29, 0.717) is 17.9 Å². The second-order valence-electron chi connectivity index (χ2n) is 5.05. The van der Waals surface area contributed by atoms with Gasteiger partial charge in [-0.2, -0.15) is 0 Å². The number of hydrogen-bond acceptors (Lipinski definition) is 4. The van der Waals surface area contributed by atoms with E-state index in [1.807, 2.05) is 12.1 Å². The van der Waals surface area contributed by atoms with Gasteiger partial charge in [0, 0.05) is 18.7 Å². The fourth-order valence-electron chi connectivity index (χ4n) is 2.36. The minimum absolute atomic E-state index is 0.257. The molecular formula is C15H18ClNO5. The fourth-order valence-corrected chi connectivity index (χ4v) is 2.56. The summed E-state index contributed by atoms with van der Waals surface area (Å²) in [6.45, 7) is 0.257. The second-order valence-corrected chi connectivity index (χ2v) is 5.49. The highest BCUT2D eigenvalue weighted by atomic mass is 35.5. The molecule has 0 saturated carbocycles. The van der Waals surface area contributed by atoms with E-state index < -0.39 is 18.2 Å². The number of ether oxygens (including phenoxy) is 2. The minimum Gasteiger partial charge on any atom is -0.479 e. The Morgan fingerprint density at radius 3 is 2.77 bits per heavy atom. The van der Waals surface area contributed by atoms with Gasteiger partial charge in [0.25, 0.3) is 0 Å². The maximum atomic E-state index is 12.0. The van der Waals surface area contributed by atoms with Crippen LogP contribution >= 0.6 is 11.6 Å². The number of aliphatic carboxylic acids is 1. The number of carboxylic acid groups (broad SMARTS) is 1. The number of rotatable bonds is 6. The molecule has 1 amide bonds. The van der Waals surface area contributed by atoms with Gasteiger partial charge < -0.3 is 19.9 Å². The first-order valence-corrected chi connectivity index (χ1v) is 7.33. The Balaban J connectivity index is 1.88. The van der Waals surface area contributed by atoms with Crippen molar-refractivity contribution < 1.29 is 24.2 Å². The highest BCUT2D eigenvalue weighted by Gasteiger charge is 2.34. The lowest BCUT2D eigenvalue weighted by molar-refractivity contribution is -0.151. The number of carbonyl (C=O) groups is 2. The van der Waals surface area contributed by atoms with Gasteiger partial charge in [-0.15, -0.1) is 0 Å². The summed E-state index contributed by atoms with van der Waals surface area (Å²) in [7, 11) is 1.55. The van der Waals surface area contributed by atoms with E-state index in [9.17, 15) is 9.59 Å². The first kappa shape index (κ1) is 16.7. The lowest BCUT2D eigenvalue weighted by Gasteiger charge is -2.18. The van der Waals surface area contributed by atoms with Gasteiger partial charge in [-0.3, -0.25) is 4.79 Å². The van der Waals surface area contributed by atoms with Crippen LogP contribution in [0.2, 0.25) is 5.02 Å². The molecule has 0 spiro atoms. The van der Waals surface area contributed by atoms with Crippen molar-refractivity contribution in [2.75, 3.05) is 13.7 Å². The van der Waals surface area contributed by atoms with Crippen molar-refractivity contribution >= 4 is 23.5 Å². The summed E-state index contributed by atoms with van der Waals surface area (Å²) in [5, 5.41) is 12.2. The number of halogens is 1. The monoisotopic (exact) mass is 327 g/mol. The van der Waals surface area contributed by atoms with Crippen LogP contribution in [0, 0.1) is 0 Å². The molecule has 1 aliphatic heterocycles. The molecule has 2 N–H and O–H groups in total. The first-order chi connectivity index (χ1) is 10.5. The smallest absolute Gasteiger partial charge is 0.332 e. The van der Waals surface area contributed by atoms with Crippen LogP contribution in [0.5, 0.6) is 0 Å². The first-order valence-electron chi connectivity index (χ1n) is 6.95. The lowest BCUT2D eigenvalue weighted by Crippen LogP contribution is -2.38. The van der Waals surface area contributed by atoms with Crippen molar-refractivity contribution in [2.24, 2.45) is 0 Å². The number of carboxylic acids is 1. The Hall–Kier alpha value is -1.63. The second kappa shape index (κ2) is 7.58. The Labute approximate surface area is 133 Å². The van der Waals surface area contributed by atoms with Crippen LogP contribution in [-0.2, 0) is 19.1 Å². The largest absolute Gasteiger partial charge is 0.479 e. The van der Waals surface area contributed by atoms with Gasteiger partial charge in [0.2, 0.25) is 5.91 Å². The molecule has 1 unspecified atom stereocenters. The number of carbonyl (C=O) groups excluding carboxylic acids is 1. The lowest BCUT2D eigenvalue weighted by atomic mass is 10.1. The van der Waals surface area contributed by atoms with Gasteiger partial charge >= 0.3 is 5.97 Å². The van der Waals surface area contributed by atoms with Crippen LogP contribution in [0.1, 0.15) is 24.5 Å². The molecule has 0 aromatic heterocycles. The molecule has 0 bridgehead atoms. The highest BCUT2D eigenvalue weighted by Crippen LogP contribution is 2.22. The third-order valence-corrected chi connectivity index (χ3v) is 3.79. The molecule has 1 fully saturated rings. The molecule has 120 valence electrons. The molecular weight excluding hydrogens is 310 g/mol. The van der Waals surface area contributed by atoms with Gasteiger partial charge in [-0.1, -0.05) is 23.7 Å². The molecule has 0 aliphatic carbocycles. The zero-order valence-electron chi connectivity index (χ0n) is 12.1. The number of nitrogens with one attached hydrogen (secondary N) is 1. The van der Waals surface area contributed by atoms with Crippen LogP contribution in [0.25, 0.3) is 0 Å². The molecule has 22 heavy (non-hydrogen) atoms. The van der Waals surface area contributed by atoms with E-state index in [1.54, 1.807) is 19.2 Å². The van der Waals surface area contributed by atoms with Crippen LogP contribution in [0.4, 0.5) is 0 Å². The van der Waals surface area contributed by atoms with E-state index in [1.165, 1.54) is 0 Å². The van der Waals surface area contributed by atoms with Crippen LogP contribution in [-0.4, -0.2) is 42.8 Å². The molecule has 7 heteroatoms. The van der Waals surface area contributed by atoms with Gasteiger partial charge in [-0.05, 0) is 30.5 Å². The number of benzene rings is 1. The van der Waals surface area contributed by atoms with E-state index in [-0.39, 0.29) is 18.6 Å². The highest BCUT2D eigenvalue weighted by molar-refractivity contribution is 6.30. The Kier molecular flexibility index (Phi) is 5.76. The average Bonchev–Trinajstić information content (AvgIpc) is 2.98. The zero-order valence-corrected chi connectivity index (χ0v) is 12.9. The van der Waals surface area contributed by atoms with E-state index in [0.717, 1.165) is 5.56 Å². The normalized spacial score (nSPS) is 22.3. The molecule has 2 rings (SSSR count).